The largest absolute Gasteiger partial charge is 0.369 e. The highest BCUT2D eigenvalue weighted by Crippen LogP contribution is 2.37. The van der Waals surface area contributed by atoms with Gasteiger partial charge in [0.1, 0.15) is 12.4 Å². The van der Waals surface area contributed by atoms with Crippen molar-refractivity contribution in [1.29, 1.82) is 0 Å². The predicted molar refractivity (Wildman–Crippen MR) is 87.6 cm³/mol. The number of ether oxygens (including phenoxy) is 1. The molecule has 1 aliphatic heterocycles. The molecule has 1 amide bonds. The quantitative estimate of drug-likeness (QED) is 0.866. The Balaban J connectivity index is 1.73. The van der Waals surface area contributed by atoms with Gasteiger partial charge in [0.05, 0.1) is 12.6 Å². The highest BCUT2D eigenvalue weighted by atomic mass is 19.1. The van der Waals surface area contributed by atoms with Crippen LogP contribution in [0.25, 0.3) is 11.1 Å². The molecule has 1 aliphatic carbocycles. The molecule has 2 aliphatic rings. The van der Waals surface area contributed by atoms with Crippen LogP contribution in [0, 0.1) is 11.7 Å². The molecule has 4 rings (SSSR count). The molecule has 24 heavy (non-hydrogen) atoms. The number of aromatic nitrogens is 1. The molecule has 4 nitrogen and oxygen atoms in total. The Morgan fingerprint density at radius 3 is 2.96 bits per heavy atom. The van der Waals surface area contributed by atoms with E-state index in [4.69, 9.17) is 4.74 Å². The van der Waals surface area contributed by atoms with Gasteiger partial charge >= 0.3 is 0 Å². The lowest BCUT2D eigenvalue weighted by Gasteiger charge is -2.36. The number of halogens is 1. The molecule has 2 aromatic rings. The van der Waals surface area contributed by atoms with Crippen molar-refractivity contribution in [3.63, 3.8) is 0 Å². The minimum atomic E-state index is -0.277. The van der Waals surface area contributed by atoms with Crippen LogP contribution in [0.2, 0.25) is 0 Å². The number of carbonyl (C=O) groups is 1. The molecule has 1 saturated carbocycles. The van der Waals surface area contributed by atoms with E-state index in [9.17, 15) is 9.18 Å². The van der Waals surface area contributed by atoms with Gasteiger partial charge in [-0.2, -0.15) is 0 Å². The van der Waals surface area contributed by atoms with Crippen LogP contribution >= 0.6 is 0 Å². The molecule has 2 fully saturated rings. The second-order valence-corrected chi connectivity index (χ2v) is 6.49. The van der Waals surface area contributed by atoms with E-state index in [0.717, 1.165) is 23.2 Å². The third-order valence-corrected chi connectivity index (χ3v) is 4.70. The number of hydrogen-bond acceptors (Lipinski definition) is 3. The number of rotatable bonds is 4. The topological polar surface area (TPSA) is 42.4 Å². The summed E-state index contributed by atoms with van der Waals surface area (Å²) < 4.78 is 19.1. The summed E-state index contributed by atoms with van der Waals surface area (Å²) in [6.45, 7) is 1.36. The Bertz CT molecular complexity index is 761. The maximum Gasteiger partial charge on any atom is 0.249 e. The summed E-state index contributed by atoms with van der Waals surface area (Å²) in [4.78, 5) is 18.5. The molecule has 1 saturated heterocycles. The summed E-state index contributed by atoms with van der Waals surface area (Å²) >= 11 is 0. The summed E-state index contributed by atoms with van der Waals surface area (Å²) in [5.74, 6) is 0.345. The van der Waals surface area contributed by atoms with Gasteiger partial charge in [-0.3, -0.25) is 9.78 Å². The van der Waals surface area contributed by atoms with Gasteiger partial charge in [-0.15, -0.1) is 0 Å². The summed E-state index contributed by atoms with van der Waals surface area (Å²) in [6, 6.07) is 8.21. The van der Waals surface area contributed by atoms with Crippen molar-refractivity contribution in [2.24, 2.45) is 5.92 Å². The Hall–Kier alpha value is -2.27. The Morgan fingerprint density at radius 2 is 2.17 bits per heavy atom. The van der Waals surface area contributed by atoms with E-state index in [1.165, 1.54) is 25.0 Å². The molecule has 124 valence electrons. The first-order chi connectivity index (χ1) is 11.7. The van der Waals surface area contributed by atoms with E-state index in [2.05, 4.69) is 4.98 Å². The molecule has 1 unspecified atom stereocenters. The lowest BCUT2D eigenvalue weighted by atomic mass is 9.95. The Labute approximate surface area is 140 Å². The highest BCUT2D eigenvalue weighted by molar-refractivity contribution is 5.79. The fourth-order valence-corrected chi connectivity index (χ4v) is 3.26. The second-order valence-electron chi connectivity index (χ2n) is 6.49. The summed E-state index contributed by atoms with van der Waals surface area (Å²) in [5.41, 5.74) is 2.60. The zero-order chi connectivity index (χ0) is 16.5. The van der Waals surface area contributed by atoms with Gasteiger partial charge in [0, 0.05) is 24.5 Å². The first kappa shape index (κ1) is 15.3. The van der Waals surface area contributed by atoms with Crippen LogP contribution in [0.5, 0.6) is 0 Å². The Kier molecular flexibility index (Phi) is 4.02. The normalized spacial score (nSPS) is 21.1. The number of amides is 1. The van der Waals surface area contributed by atoms with Crippen LogP contribution in [0.15, 0.2) is 42.7 Å². The summed E-state index contributed by atoms with van der Waals surface area (Å²) in [6.07, 6.45) is 5.83. The number of pyridine rings is 1. The summed E-state index contributed by atoms with van der Waals surface area (Å²) in [5, 5.41) is 0. The smallest absolute Gasteiger partial charge is 0.249 e. The maximum absolute atomic E-state index is 13.6. The minimum absolute atomic E-state index is 0.0206. The van der Waals surface area contributed by atoms with Crippen LogP contribution in [0.4, 0.5) is 4.39 Å². The van der Waals surface area contributed by atoms with Gasteiger partial charge in [-0.25, -0.2) is 4.39 Å². The molecular formula is C19H19FN2O2. The molecule has 2 heterocycles. The Morgan fingerprint density at radius 1 is 1.29 bits per heavy atom. The molecule has 1 aromatic heterocycles. The first-order valence-corrected chi connectivity index (χ1v) is 8.29. The van der Waals surface area contributed by atoms with Crippen molar-refractivity contribution in [3.8, 4) is 11.1 Å². The molecule has 0 spiro atoms. The van der Waals surface area contributed by atoms with Crippen LogP contribution < -0.4 is 0 Å². The average molecular weight is 326 g/mol. The third kappa shape index (κ3) is 3.04. The van der Waals surface area contributed by atoms with E-state index in [1.807, 2.05) is 17.0 Å². The number of nitrogens with zero attached hydrogens (tertiary/aromatic N) is 2. The number of morpholine rings is 1. The SMILES string of the molecule is O=C1COCC(c2cnccc2-c2cccc(F)c2)N1CC1CC1. The van der Waals surface area contributed by atoms with Gasteiger partial charge in [-0.1, -0.05) is 12.1 Å². The van der Waals surface area contributed by atoms with Crippen molar-refractivity contribution < 1.29 is 13.9 Å². The van der Waals surface area contributed by atoms with Crippen molar-refractivity contribution >= 4 is 5.91 Å². The molecule has 5 heteroatoms. The van der Waals surface area contributed by atoms with Crippen LogP contribution in [-0.4, -0.2) is 35.5 Å². The highest BCUT2D eigenvalue weighted by Gasteiger charge is 2.35. The van der Waals surface area contributed by atoms with Gasteiger partial charge in [-0.05, 0) is 48.1 Å². The average Bonchev–Trinajstić information content (AvgIpc) is 3.41. The predicted octanol–water partition coefficient (Wildman–Crippen LogP) is 3.20. The van der Waals surface area contributed by atoms with E-state index < -0.39 is 0 Å². The molecule has 1 aromatic carbocycles. The van der Waals surface area contributed by atoms with E-state index in [0.29, 0.717) is 12.5 Å². The fourth-order valence-electron chi connectivity index (χ4n) is 3.26. The fraction of sp³-hybridized carbons (Fsp3) is 0.368. The molecule has 0 N–H and O–H groups in total. The second kappa shape index (κ2) is 6.32. The van der Waals surface area contributed by atoms with Crippen LogP contribution in [0.1, 0.15) is 24.4 Å². The first-order valence-electron chi connectivity index (χ1n) is 8.29. The zero-order valence-electron chi connectivity index (χ0n) is 13.3. The third-order valence-electron chi connectivity index (χ3n) is 4.70. The van der Waals surface area contributed by atoms with Crippen molar-refractivity contribution in [1.82, 2.24) is 9.88 Å². The molecule has 0 radical (unpaired) electrons. The van der Waals surface area contributed by atoms with Crippen LogP contribution in [0.3, 0.4) is 0 Å². The van der Waals surface area contributed by atoms with Crippen LogP contribution in [-0.2, 0) is 9.53 Å². The van der Waals surface area contributed by atoms with Gasteiger partial charge in [0.25, 0.3) is 0 Å². The monoisotopic (exact) mass is 326 g/mol. The number of carbonyl (C=O) groups excluding carboxylic acids is 1. The molecule has 0 bridgehead atoms. The number of hydrogen-bond donors (Lipinski definition) is 0. The minimum Gasteiger partial charge on any atom is -0.369 e. The summed E-state index contributed by atoms with van der Waals surface area (Å²) in [7, 11) is 0. The lowest BCUT2D eigenvalue weighted by Crippen LogP contribution is -2.45. The zero-order valence-corrected chi connectivity index (χ0v) is 13.3. The van der Waals surface area contributed by atoms with Crippen molar-refractivity contribution in [2.75, 3.05) is 19.8 Å². The standard InChI is InChI=1S/C19H19FN2O2/c20-15-3-1-2-14(8-15)16-6-7-21-9-17(16)18-11-24-12-19(23)22(18)10-13-4-5-13/h1-3,6-9,13,18H,4-5,10-12H2. The van der Waals surface area contributed by atoms with E-state index in [-0.39, 0.29) is 24.4 Å². The number of benzene rings is 1. The van der Waals surface area contributed by atoms with Crippen molar-refractivity contribution in [3.05, 3.63) is 54.1 Å². The van der Waals surface area contributed by atoms with E-state index in [1.54, 1.807) is 18.5 Å². The van der Waals surface area contributed by atoms with Gasteiger partial charge < -0.3 is 9.64 Å². The lowest BCUT2D eigenvalue weighted by molar-refractivity contribution is -0.148. The molecule has 1 atom stereocenters. The van der Waals surface area contributed by atoms with Gasteiger partial charge in [0.15, 0.2) is 0 Å². The van der Waals surface area contributed by atoms with Gasteiger partial charge in [0.2, 0.25) is 5.91 Å². The van der Waals surface area contributed by atoms with E-state index >= 15 is 0 Å². The molecular weight excluding hydrogens is 307 g/mol. The van der Waals surface area contributed by atoms with Crippen molar-refractivity contribution in [2.45, 2.75) is 18.9 Å². The maximum atomic E-state index is 13.6.